The summed E-state index contributed by atoms with van der Waals surface area (Å²) in [5.74, 6) is 0.615. The summed E-state index contributed by atoms with van der Waals surface area (Å²) in [6.45, 7) is 11.3. The van der Waals surface area contributed by atoms with Crippen molar-refractivity contribution < 1.29 is 9.53 Å². The van der Waals surface area contributed by atoms with Crippen molar-refractivity contribution in [3.8, 4) is 5.75 Å². The first-order chi connectivity index (χ1) is 13.1. The van der Waals surface area contributed by atoms with E-state index < -0.39 is 0 Å². The highest BCUT2D eigenvalue weighted by Crippen LogP contribution is 2.27. The van der Waals surface area contributed by atoms with Crippen LogP contribution in [-0.4, -0.2) is 50.1 Å². The molecular weight excluding hydrogens is 338 g/mol. The standard InChI is InChI=1S/C22H29N3O2/c1-4-24-11-13-25(14-12-24)20-8-6-5-7-19(20)23-22(26)16-27-21-15-17(2)9-10-18(21)3/h5-10,15H,4,11-14,16H2,1-3H3,(H,23,26). The summed E-state index contributed by atoms with van der Waals surface area (Å²) in [5.41, 5.74) is 4.07. The van der Waals surface area contributed by atoms with E-state index in [1.807, 2.05) is 50.2 Å². The van der Waals surface area contributed by atoms with E-state index in [2.05, 4.69) is 28.1 Å². The highest BCUT2D eigenvalue weighted by atomic mass is 16.5. The average Bonchev–Trinajstić information content (AvgIpc) is 2.69. The molecule has 1 heterocycles. The number of rotatable bonds is 6. The summed E-state index contributed by atoms with van der Waals surface area (Å²) in [4.78, 5) is 17.2. The van der Waals surface area contributed by atoms with Gasteiger partial charge in [-0.05, 0) is 49.7 Å². The van der Waals surface area contributed by atoms with E-state index in [9.17, 15) is 4.79 Å². The number of hydrogen-bond donors (Lipinski definition) is 1. The lowest BCUT2D eigenvalue weighted by Gasteiger charge is -2.36. The van der Waals surface area contributed by atoms with Crippen molar-refractivity contribution in [3.05, 3.63) is 53.6 Å². The second-order valence-corrected chi connectivity index (χ2v) is 7.04. The Morgan fingerprint density at radius 3 is 2.56 bits per heavy atom. The molecule has 1 amide bonds. The van der Waals surface area contributed by atoms with Gasteiger partial charge in [0.05, 0.1) is 11.4 Å². The van der Waals surface area contributed by atoms with E-state index in [0.29, 0.717) is 0 Å². The summed E-state index contributed by atoms with van der Waals surface area (Å²) in [6, 6.07) is 14.0. The Labute approximate surface area is 161 Å². The number of nitrogens with zero attached hydrogens (tertiary/aromatic N) is 2. The predicted molar refractivity (Wildman–Crippen MR) is 111 cm³/mol. The number of carbonyl (C=O) groups excluding carboxylic acids is 1. The summed E-state index contributed by atoms with van der Waals surface area (Å²) in [5, 5.41) is 3.02. The van der Waals surface area contributed by atoms with E-state index in [-0.39, 0.29) is 12.5 Å². The third-order valence-corrected chi connectivity index (χ3v) is 5.04. The fourth-order valence-corrected chi connectivity index (χ4v) is 3.35. The van der Waals surface area contributed by atoms with Crippen LogP contribution < -0.4 is 15.0 Å². The van der Waals surface area contributed by atoms with Crippen molar-refractivity contribution in [1.29, 1.82) is 0 Å². The second kappa shape index (κ2) is 8.91. The van der Waals surface area contributed by atoms with Crippen molar-refractivity contribution in [2.24, 2.45) is 0 Å². The highest BCUT2D eigenvalue weighted by Gasteiger charge is 2.18. The largest absolute Gasteiger partial charge is 0.483 e. The van der Waals surface area contributed by atoms with Crippen LogP contribution in [0.2, 0.25) is 0 Å². The van der Waals surface area contributed by atoms with E-state index in [0.717, 1.165) is 61.0 Å². The number of ether oxygens (including phenoxy) is 1. The topological polar surface area (TPSA) is 44.8 Å². The van der Waals surface area contributed by atoms with Gasteiger partial charge in [0.2, 0.25) is 0 Å². The van der Waals surface area contributed by atoms with Crippen LogP contribution in [0, 0.1) is 13.8 Å². The van der Waals surface area contributed by atoms with Crippen molar-refractivity contribution in [1.82, 2.24) is 4.90 Å². The van der Waals surface area contributed by atoms with Crippen molar-refractivity contribution in [2.75, 3.05) is 49.5 Å². The van der Waals surface area contributed by atoms with Gasteiger partial charge in [-0.1, -0.05) is 31.2 Å². The molecule has 1 N–H and O–H groups in total. The number of aryl methyl sites for hydroxylation is 2. The summed E-state index contributed by atoms with van der Waals surface area (Å²) >= 11 is 0. The van der Waals surface area contributed by atoms with Crippen molar-refractivity contribution in [3.63, 3.8) is 0 Å². The number of amides is 1. The number of nitrogens with one attached hydrogen (secondary N) is 1. The molecule has 3 rings (SSSR count). The van der Waals surface area contributed by atoms with Crippen LogP contribution in [0.1, 0.15) is 18.1 Å². The maximum absolute atomic E-state index is 12.5. The second-order valence-electron chi connectivity index (χ2n) is 7.04. The average molecular weight is 367 g/mol. The Morgan fingerprint density at radius 1 is 1.07 bits per heavy atom. The molecular formula is C22H29N3O2. The molecule has 0 spiro atoms. The zero-order chi connectivity index (χ0) is 19.2. The molecule has 1 saturated heterocycles. The van der Waals surface area contributed by atoms with Crippen LogP contribution in [0.4, 0.5) is 11.4 Å². The van der Waals surface area contributed by atoms with Crippen LogP contribution in [0.5, 0.6) is 5.75 Å². The Hall–Kier alpha value is -2.53. The van der Waals surface area contributed by atoms with Gasteiger partial charge in [0.25, 0.3) is 5.91 Å². The fourth-order valence-electron chi connectivity index (χ4n) is 3.35. The molecule has 144 valence electrons. The minimum Gasteiger partial charge on any atom is -0.483 e. The lowest BCUT2D eigenvalue weighted by atomic mass is 10.1. The minimum absolute atomic E-state index is 0.00222. The Bertz CT molecular complexity index is 783. The quantitative estimate of drug-likeness (QED) is 0.849. The van der Waals surface area contributed by atoms with Crippen LogP contribution in [0.25, 0.3) is 0 Å². The Balaban J connectivity index is 1.62. The molecule has 2 aromatic carbocycles. The summed E-state index contributed by atoms with van der Waals surface area (Å²) < 4.78 is 5.73. The van der Waals surface area contributed by atoms with E-state index in [1.54, 1.807) is 0 Å². The third kappa shape index (κ3) is 5.01. The SMILES string of the molecule is CCN1CCN(c2ccccc2NC(=O)COc2cc(C)ccc2C)CC1. The summed E-state index contributed by atoms with van der Waals surface area (Å²) in [6.07, 6.45) is 0. The van der Waals surface area contributed by atoms with Crippen LogP contribution in [0.3, 0.4) is 0 Å². The van der Waals surface area contributed by atoms with E-state index in [4.69, 9.17) is 4.74 Å². The molecule has 0 radical (unpaired) electrons. The predicted octanol–water partition coefficient (Wildman–Crippen LogP) is 3.46. The van der Waals surface area contributed by atoms with Gasteiger partial charge in [-0.2, -0.15) is 0 Å². The number of anilines is 2. The normalized spacial score (nSPS) is 14.9. The van der Waals surface area contributed by atoms with Gasteiger partial charge in [0, 0.05) is 26.2 Å². The van der Waals surface area contributed by atoms with Gasteiger partial charge >= 0.3 is 0 Å². The molecule has 0 saturated carbocycles. The van der Waals surface area contributed by atoms with Gasteiger partial charge in [0.15, 0.2) is 6.61 Å². The first-order valence-electron chi connectivity index (χ1n) is 9.63. The Morgan fingerprint density at radius 2 is 1.81 bits per heavy atom. The molecule has 5 heteroatoms. The molecule has 0 aromatic heterocycles. The summed E-state index contributed by atoms with van der Waals surface area (Å²) in [7, 11) is 0. The van der Waals surface area contributed by atoms with Crippen LogP contribution in [-0.2, 0) is 4.79 Å². The molecule has 1 aliphatic rings. The number of piperazine rings is 1. The zero-order valence-electron chi connectivity index (χ0n) is 16.5. The molecule has 1 fully saturated rings. The molecule has 0 aliphatic carbocycles. The van der Waals surface area contributed by atoms with Crippen molar-refractivity contribution in [2.45, 2.75) is 20.8 Å². The lowest BCUT2D eigenvalue weighted by molar-refractivity contribution is -0.118. The van der Waals surface area contributed by atoms with E-state index >= 15 is 0 Å². The van der Waals surface area contributed by atoms with Crippen molar-refractivity contribution >= 4 is 17.3 Å². The first-order valence-corrected chi connectivity index (χ1v) is 9.63. The highest BCUT2D eigenvalue weighted by molar-refractivity contribution is 5.95. The maximum atomic E-state index is 12.5. The van der Waals surface area contributed by atoms with Crippen LogP contribution >= 0.6 is 0 Å². The maximum Gasteiger partial charge on any atom is 0.262 e. The smallest absolute Gasteiger partial charge is 0.262 e. The molecule has 1 aliphatic heterocycles. The number of likely N-dealkylation sites (N-methyl/N-ethyl adjacent to an activating group) is 1. The van der Waals surface area contributed by atoms with Gasteiger partial charge < -0.3 is 19.9 Å². The molecule has 0 atom stereocenters. The Kier molecular flexibility index (Phi) is 6.35. The molecule has 0 unspecified atom stereocenters. The number of carbonyl (C=O) groups is 1. The minimum atomic E-state index is -0.143. The third-order valence-electron chi connectivity index (χ3n) is 5.04. The molecule has 27 heavy (non-hydrogen) atoms. The van der Waals surface area contributed by atoms with E-state index in [1.165, 1.54) is 0 Å². The fraction of sp³-hybridized carbons (Fsp3) is 0.409. The van der Waals surface area contributed by atoms with Crippen LogP contribution in [0.15, 0.2) is 42.5 Å². The van der Waals surface area contributed by atoms with Gasteiger partial charge in [0.1, 0.15) is 5.75 Å². The number of benzene rings is 2. The number of hydrogen-bond acceptors (Lipinski definition) is 4. The monoisotopic (exact) mass is 367 g/mol. The zero-order valence-corrected chi connectivity index (χ0v) is 16.5. The number of para-hydroxylation sites is 2. The van der Waals surface area contributed by atoms with Gasteiger partial charge in [-0.15, -0.1) is 0 Å². The molecule has 0 bridgehead atoms. The van der Waals surface area contributed by atoms with Gasteiger partial charge in [-0.3, -0.25) is 4.79 Å². The molecule has 5 nitrogen and oxygen atoms in total. The lowest BCUT2D eigenvalue weighted by Crippen LogP contribution is -2.46. The molecule has 2 aromatic rings. The van der Waals surface area contributed by atoms with Gasteiger partial charge in [-0.25, -0.2) is 0 Å². The first kappa shape index (κ1) is 19.2.